The quantitative estimate of drug-likeness (QED) is 0.742. The van der Waals surface area contributed by atoms with E-state index in [0.717, 1.165) is 18.4 Å². The number of carboxylic acids is 1. The van der Waals surface area contributed by atoms with Crippen molar-refractivity contribution in [2.45, 2.75) is 32.7 Å². The molecule has 20 heavy (non-hydrogen) atoms. The maximum absolute atomic E-state index is 11.8. The molecule has 106 valence electrons. The van der Waals surface area contributed by atoms with Gasteiger partial charge in [0.25, 0.3) is 0 Å². The third-order valence-corrected chi connectivity index (χ3v) is 3.50. The third-order valence-electron chi connectivity index (χ3n) is 3.50. The third kappa shape index (κ3) is 3.17. The lowest BCUT2D eigenvalue weighted by Gasteiger charge is -2.14. The van der Waals surface area contributed by atoms with Gasteiger partial charge in [0, 0.05) is 11.7 Å². The molecule has 0 saturated heterocycles. The molecule has 5 heteroatoms. The van der Waals surface area contributed by atoms with E-state index >= 15 is 0 Å². The summed E-state index contributed by atoms with van der Waals surface area (Å²) in [6, 6.07) is 3.07. The van der Waals surface area contributed by atoms with Crippen LogP contribution in [0.2, 0.25) is 0 Å². The Morgan fingerprint density at radius 3 is 2.45 bits per heavy atom. The zero-order valence-electron chi connectivity index (χ0n) is 11.6. The summed E-state index contributed by atoms with van der Waals surface area (Å²) in [6.07, 6.45) is 5.73. The maximum Gasteiger partial charge on any atom is 0.336 e. The fourth-order valence-electron chi connectivity index (χ4n) is 2.24. The second-order valence-electron chi connectivity index (χ2n) is 5.01. The Labute approximate surface area is 117 Å². The number of urea groups is 1. The summed E-state index contributed by atoms with van der Waals surface area (Å²) in [6.45, 7) is 3.58. The SMILES string of the molecule is Cc1cc(NC(=O)NC2CC=CC2)cc(C(=O)O)c1C. The number of anilines is 1. The standard InChI is InChI=1S/C15H18N2O3/c1-9-7-12(8-13(10(9)2)14(18)19)17-15(20)16-11-5-3-4-6-11/h3-4,7-8,11H,5-6H2,1-2H3,(H,18,19)(H2,16,17,20). The van der Waals surface area contributed by atoms with Crippen LogP contribution in [0.25, 0.3) is 0 Å². The first-order chi connectivity index (χ1) is 9.47. The predicted octanol–water partition coefficient (Wildman–Crippen LogP) is 2.84. The first-order valence-corrected chi connectivity index (χ1v) is 6.54. The van der Waals surface area contributed by atoms with Crippen LogP contribution in [0.1, 0.15) is 34.3 Å². The highest BCUT2D eigenvalue weighted by molar-refractivity contribution is 5.94. The molecule has 2 rings (SSSR count). The molecule has 0 saturated carbocycles. The monoisotopic (exact) mass is 274 g/mol. The van der Waals surface area contributed by atoms with Crippen LogP contribution >= 0.6 is 0 Å². The zero-order valence-corrected chi connectivity index (χ0v) is 11.6. The fraction of sp³-hybridized carbons (Fsp3) is 0.333. The number of hydrogen-bond donors (Lipinski definition) is 3. The number of aryl methyl sites for hydroxylation is 1. The molecule has 3 N–H and O–H groups in total. The summed E-state index contributed by atoms with van der Waals surface area (Å²) in [5.74, 6) is -0.991. The number of carboxylic acid groups (broad SMARTS) is 1. The molecule has 1 aliphatic rings. The van der Waals surface area contributed by atoms with E-state index in [1.807, 2.05) is 19.1 Å². The second kappa shape index (κ2) is 5.77. The zero-order chi connectivity index (χ0) is 14.7. The minimum atomic E-state index is -0.991. The van der Waals surface area contributed by atoms with Gasteiger partial charge in [-0.05, 0) is 49.9 Å². The van der Waals surface area contributed by atoms with Gasteiger partial charge in [-0.15, -0.1) is 0 Å². The topological polar surface area (TPSA) is 78.4 Å². The van der Waals surface area contributed by atoms with E-state index in [-0.39, 0.29) is 17.6 Å². The molecule has 1 aliphatic carbocycles. The van der Waals surface area contributed by atoms with Crippen molar-refractivity contribution >= 4 is 17.7 Å². The Morgan fingerprint density at radius 1 is 1.20 bits per heavy atom. The average Bonchev–Trinajstić information content (AvgIpc) is 2.85. The minimum Gasteiger partial charge on any atom is -0.478 e. The molecule has 0 bridgehead atoms. The van der Waals surface area contributed by atoms with E-state index in [4.69, 9.17) is 5.11 Å². The molecular weight excluding hydrogens is 256 g/mol. The number of nitrogens with one attached hydrogen (secondary N) is 2. The van der Waals surface area contributed by atoms with Crippen LogP contribution < -0.4 is 10.6 Å². The van der Waals surface area contributed by atoms with Gasteiger partial charge in [0.05, 0.1) is 5.56 Å². The lowest BCUT2D eigenvalue weighted by atomic mass is 10.0. The molecular formula is C15H18N2O3. The van der Waals surface area contributed by atoms with E-state index in [0.29, 0.717) is 11.3 Å². The molecule has 0 heterocycles. The minimum absolute atomic E-state index is 0.125. The normalized spacial score (nSPS) is 14.3. The lowest BCUT2D eigenvalue weighted by Crippen LogP contribution is -2.36. The highest BCUT2D eigenvalue weighted by Crippen LogP contribution is 2.20. The maximum atomic E-state index is 11.8. The second-order valence-corrected chi connectivity index (χ2v) is 5.01. The number of rotatable bonds is 3. The molecule has 0 atom stereocenters. The van der Waals surface area contributed by atoms with Crippen LogP contribution in [0.5, 0.6) is 0 Å². The molecule has 1 aromatic rings. The number of carbonyl (C=O) groups excluding carboxylic acids is 1. The van der Waals surface area contributed by atoms with Crippen LogP contribution in [0.15, 0.2) is 24.3 Å². The van der Waals surface area contributed by atoms with E-state index in [9.17, 15) is 9.59 Å². The molecule has 5 nitrogen and oxygen atoms in total. The molecule has 0 fully saturated rings. The molecule has 2 amide bonds. The molecule has 1 aromatic carbocycles. The average molecular weight is 274 g/mol. The smallest absolute Gasteiger partial charge is 0.336 e. The Kier molecular flexibility index (Phi) is 4.08. The van der Waals surface area contributed by atoms with Crippen molar-refractivity contribution < 1.29 is 14.7 Å². The van der Waals surface area contributed by atoms with Gasteiger partial charge >= 0.3 is 12.0 Å². The molecule has 0 spiro atoms. The fourth-order valence-corrected chi connectivity index (χ4v) is 2.24. The number of carbonyl (C=O) groups is 2. The van der Waals surface area contributed by atoms with Crippen molar-refractivity contribution in [2.24, 2.45) is 0 Å². The van der Waals surface area contributed by atoms with Crippen LogP contribution in [-0.2, 0) is 0 Å². The van der Waals surface area contributed by atoms with Crippen molar-refractivity contribution in [2.75, 3.05) is 5.32 Å². The van der Waals surface area contributed by atoms with Crippen LogP contribution in [-0.4, -0.2) is 23.1 Å². The van der Waals surface area contributed by atoms with E-state index in [1.54, 1.807) is 13.0 Å². The van der Waals surface area contributed by atoms with Gasteiger partial charge in [0.1, 0.15) is 0 Å². The van der Waals surface area contributed by atoms with Crippen molar-refractivity contribution in [1.29, 1.82) is 0 Å². The van der Waals surface area contributed by atoms with Crippen molar-refractivity contribution in [3.8, 4) is 0 Å². The van der Waals surface area contributed by atoms with Gasteiger partial charge < -0.3 is 15.7 Å². The first kappa shape index (κ1) is 14.1. The van der Waals surface area contributed by atoms with Gasteiger partial charge in [-0.25, -0.2) is 9.59 Å². The Balaban J connectivity index is 2.08. The highest BCUT2D eigenvalue weighted by Gasteiger charge is 2.15. The summed E-state index contributed by atoms with van der Waals surface area (Å²) < 4.78 is 0. The number of benzene rings is 1. The lowest BCUT2D eigenvalue weighted by molar-refractivity contribution is 0.0696. The highest BCUT2D eigenvalue weighted by atomic mass is 16.4. The van der Waals surface area contributed by atoms with Gasteiger partial charge in [-0.2, -0.15) is 0 Å². The van der Waals surface area contributed by atoms with Crippen molar-refractivity contribution in [1.82, 2.24) is 5.32 Å². The van der Waals surface area contributed by atoms with Crippen molar-refractivity contribution in [3.05, 3.63) is 41.0 Å². The summed E-state index contributed by atoms with van der Waals surface area (Å²) in [5, 5.41) is 14.7. The molecule has 0 aromatic heterocycles. The van der Waals surface area contributed by atoms with E-state index in [2.05, 4.69) is 10.6 Å². The Hall–Kier alpha value is -2.30. The first-order valence-electron chi connectivity index (χ1n) is 6.54. The van der Waals surface area contributed by atoms with Crippen LogP contribution in [0.3, 0.4) is 0 Å². The van der Waals surface area contributed by atoms with E-state index in [1.165, 1.54) is 6.07 Å². The van der Waals surface area contributed by atoms with Crippen LogP contribution in [0.4, 0.5) is 10.5 Å². The Morgan fingerprint density at radius 2 is 1.85 bits per heavy atom. The van der Waals surface area contributed by atoms with Gasteiger partial charge in [-0.1, -0.05) is 12.2 Å². The number of aromatic carboxylic acids is 1. The van der Waals surface area contributed by atoms with Gasteiger partial charge in [0.2, 0.25) is 0 Å². The van der Waals surface area contributed by atoms with Gasteiger partial charge in [-0.3, -0.25) is 0 Å². The largest absolute Gasteiger partial charge is 0.478 e. The van der Waals surface area contributed by atoms with Gasteiger partial charge in [0.15, 0.2) is 0 Å². The number of hydrogen-bond acceptors (Lipinski definition) is 2. The summed E-state index contributed by atoms with van der Waals surface area (Å²) in [7, 11) is 0. The molecule has 0 radical (unpaired) electrons. The molecule has 0 aliphatic heterocycles. The van der Waals surface area contributed by atoms with Crippen molar-refractivity contribution in [3.63, 3.8) is 0 Å². The summed E-state index contributed by atoms with van der Waals surface area (Å²) in [4.78, 5) is 23.0. The van der Waals surface area contributed by atoms with Crippen LogP contribution in [0, 0.1) is 13.8 Å². The number of amides is 2. The van der Waals surface area contributed by atoms with E-state index < -0.39 is 5.97 Å². The Bertz CT molecular complexity index is 571. The summed E-state index contributed by atoms with van der Waals surface area (Å²) >= 11 is 0. The molecule has 0 unspecified atom stereocenters. The summed E-state index contributed by atoms with van der Waals surface area (Å²) in [5.41, 5.74) is 2.25. The predicted molar refractivity (Wildman–Crippen MR) is 77.2 cm³/mol.